The number of carbonyl (C=O) groups is 3. The second kappa shape index (κ2) is 7.81. The average Bonchev–Trinajstić information content (AvgIpc) is 3.45. The van der Waals surface area contributed by atoms with Gasteiger partial charge < -0.3 is 20.0 Å². The molecule has 2 aromatic carbocycles. The minimum absolute atomic E-state index is 0.300. The minimum atomic E-state index is -1.20. The quantitative estimate of drug-likeness (QED) is 0.523. The standard InChI is InChI=1S/C25H24N4O4/c1-15-12-16-6-3-4-9-20(16)29(15)14-21-19(10-11-33-21)22(30)26-18-8-5-7-17(13-18)25(2)23(31)27-24(32)28-25/h3-11,13,15H,12,14H2,1-2H3,(H,26,30)(H2,27,28,31,32). The molecule has 1 aromatic heterocycles. The van der Waals surface area contributed by atoms with Crippen LogP contribution >= 0.6 is 0 Å². The van der Waals surface area contributed by atoms with Gasteiger partial charge in [0.15, 0.2) is 0 Å². The van der Waals surface area contributed by atoms with Crippen molar-refractivity contribution in [2.45, 2.75) is 38.4 Å². The van der Waals surface area contributed by atoms with Gasteiger partial charge in [-0.3, -0.25) is 14.9 Å². The van der Waals surface area contributed by atoms with Gasteiger partial charge in [0.25, 0.3) is 11.8 Å². The molecule has 1 saturated heterocycles. The van der Waals surface area contributed by atoms with E-state index in [0.29, 0.717) is 35.2 Å². The van der Waals surface area contributed by atoms with Crippen molar-refractivity contribution in [3.63, 3.8) is 0 Å². The number of benzene rings is 2. The molecule has 3 N–H and O–H groups in total. The van der Waals surface area contributed by atoms with Crippen molar-refractivity contribution >= 4 is 29.2 Å². The Balaban J connectivity index is 1.35. The molecule has 5 rings (SSSR count). The third kappa shape index (κ3) is 3.63. The van der Waals surface area contributed by atoms with E-state index in [1.54, 1.807) is 37.3 Å². The minimum Gasteiger partial charge on any atom is -0.467 e. The van der Waals surface area contributed by atoms with Gasteiger partial charge in [-0.25, -0.2) is 4.79 Å². The van der Waals surface area contributed by atoms with Gasteiger partial charge in [0.05, 0.1) is 18.4 Å². The Kier molecular flexibility index (Phi) is 4.92. The Morgan fingerprint density at radius 3 is 2.79 bits per heavy atom. The van der Waals surface area contributed by atoms with E-state index >= 15 is 0 Å². The molecule has 1 fully saturated rings. The molecule has 2 unspecified atom stereocenters. The van der Waals surface area contributed by atoms with Gasteiger partial charge >= 0.3 is 6.03 Å². The van der Waals surface area contributed by atoms with Crippen molar-refractivity contribution in [3.05, 3.63) is 83.3 Å². The van der Waals surface area contributed by atoms with E-state index in [0.717, 1.165) is 12.1 Å². The fourth-order valence-corrected chi connectivity index (χ4v) is 4.54. The number of nitrogens with zero attached hydrogens (tertiary/aromatic N) is 1. The van der Waals surface area contributed by atoms with Crippen LogP contribution in [0.1, 0.15) is 41.1 Å². The Labute approximate surface area is 191 Å². The highest BCUT2D eigenvalue weighted by Crippen LogP contribution is 2.34. The Hall–Kier alpha value is -4.07. The molecule has 168 valence electrons. The summed E-state index contributed by atoms with van der Waals surface area (Å²) in [7, 11) is 0. The number of amides is 4. The first-order chi connectivity index (χ1) is 15.8. The lowest BCUT2D eigenvalue weighted by molar-refractivity contribution is -0.123. The number of urea groups is 1. The average molecular weight is 444 g/mol. The molecule has 3 aromatic rings. The molecule has 2 aliphatic heterocycles. The van der Waals surface area contributed by atoms with Gasteiger partial charge in [0.2, 0.25) is 0 Å². The predicted molar refractivity (Wildman–Crippen MR) is 123 cm³/mol. The number of furan rings is 1. The highest BCUT2D eigenvalue weighted by molar-refractivity contribution is 6.08. The normalized spacial score (nSPS) is 21.5. The number of hydrogen-bond acceptors (Lipinski definition) is 5. The molecule has 0 spiro atoms. The zero-order valence-electron chi connectivity index (χ0n) is 18.3. The topological polar surface area (TPSA) is 104 Å². The van der Waals surface area contributed by atoms with Crippen molar-refractivity contribution in [2.75, 3.05) is 10.2 Å². The van der Waals surface area contributed by atoms with E-state index in [9.17, 15) is 14.4 Å². The van der Waals surface area contributed by atoms with E-state index in [-0.39, 0.29) is 5.91 Å². The number of para-hydroxylation sites is 1. The highest BCUT2D eigenvalue weighted by Gasteiger charge is 2.43. The summed E-state index contributed by atoms with van der Waals surface area (Å²) in [6.45, 7) is 4.27. The van der Waals surface area contributed by atoms with Crippen LogP contribution in [-0.4, -0.2) is 23.9 Å². The summed E-state index contributed by atoms with van der Waals surface area (Å²) < 4.78 is 5.69. The van der Waals surface area contributed by atoms with Gasteiger partial charge in [0, 0.05) is 17.4 Å². The lowest BCUT2D eigenvalue weighted by Gasteiger charge is -2.24. The number of imide groups is 1. The van der Waals surface area contributed by atoms with Crippen LogP contribution in [-0.2, 0) is 23.3 Å². The van der Waals surface area contributed by atoms with E-state index < -0.39 is 17.5 Å². The Bertz CT molecular complexity index is 1270. The third-order valence-electron chi connectivity index (χ3n) is 6.39. The monoisotopic (exact) mass is 444 g/mol. The fourth-order valence-electron chi connectivity index (χ4n) is 4.54. The van der Waals surface area contributed by atoms with Crippen molar-refractivity contribution in [3.8, 4) is 0 Å². The summed E-state index contributed by atoms with van der Waals surface area (Å²) >= 11 is 0. The van der Waals surface area contributed by atoms with Crippen molar-refractivity contribution in [1.82, 2.24) is 10.6 Å². The van der Waals surface area contributed by atoms with Gasteiger partial charge in [-0.1, -0.05) is 30.3 Å². The lowest BCUT2D eigenvalue weighted by Crippen LogP contribution is -2.40. The lowest BCUT2D eigenvalue weighted by atomic mass is 9.92. The van der Waals surface area contributed by atoms with Crippen LogP contribution in [0, 0.1) is 0 Å². The second-order valence-corrected chi connectivity index (χ2v) is 8.64. The molecule has 0 saturated carbocycles. The molecule has 2 atom stereocenters. The fraction of sp³-hybridized carbons (Fsp3) is 0.240. The van der Waals surface area contributed by atoms with Gasteiger partial charge in [-0.15, -0.1) is 0 Å². The zero-order valence-corrected chi connectivity index (χ0v) is 18.3. The summed E-state index contributed by atoms with van der Waals surface area (Å²) in [6, 6.07) is 16.6. The SMILES string of the molecule is CC1Cc2ccccc2N1Cc1occc1C(=O)Nc1cccc(C2(C)NC(=O)NC2=O)c1. The van der Waals surface area contributed by atoms with Crippen LogP contribution in [0.4, 0.5) is 16.2 Å². The van der Waals surface area contributed by atoms with Crippen LogP contribution in [0.15, 0.2) is 65.3 Å². The summed E-state index contributed by atoms with van der Waals surface area (Å²) in [5, 5.41) is 7.77. The van der Waals surface area contributed by atoms with E-state index in [1.165, 1.54) is 11.8 Å². The highest BCUT2D eigenvalue weighted by atomic mass is 16.3. The van der Waals surface area contributed by atoms with Crippen LogP contribution < -0.4 is 20.9 Å². The molecule has 33 heavy (non-hydrogen) atoms. The number of hydrogen-bond donors (Lipinski definition) is 3. The molecule has 0 bridgehead atoms. The first kappa shape index (κ1) is 20.8. The maximum Gasteiger partial charge on any atom is 0.322 e. The zero-order chi connectivity index (χ0) is 23.2. The van der Waals surface area contributed by atoms with Crippen molar-refractivity contribution < 1.29 is 18.8 Å². The maximum atomic E-state index is 13.1. The van der Waals surface area contributed by atoms with E-state index in [2.05, 4.69) is 39.9 Å². The number of rotatable bonds is 5. The molecule has 0 aliphatic carbocycles. The third-order valence-corrected chi connectivity index (χ3v) is 6.39. The maximum absolute atomic E-state index is 13.1. The van der Waals surface area contributed by atoms with Crippen LogP contribution in [0.25, 0.3) is 0 Å². The molecule has 4 amide bonds. The summed E-state index contributed by atoms with van der Waals surface area (Å²) in [5.74, 6) is -0.157. The van der Waals surface area contributed by atoms with Gasteiger partial charge in [-0.05, 0) is 55.7 Å². The summed E-state index contributed by atoms with van der Waals surface area (Å²) in [4.78, 5) is 39.2. The van der Waals surface area contributed by atoms with E-state index in [4.69, 9.17) is 4.42 Å². The molecule has 3 heterocycles. The second-order valence-electron chi connectivity index (χ2n) is 8.64. The van der Waals surface area contributed by atoms with Crippen LogP contribution in [0.5, 0.6) is 0 Å². The Morgan fingerprint density at radius 1 is 1.18 bits per heavy atom. The number of carbonyl (C=O) groups excluding carboxylic acids is 3. The molecular formula is C25H24N4O4. The largest absolute Gasteiger partial charge is 0.467 e. The molecule has 0 radical (unpaired) electrons. The van der Waals surface area contributed by atoms with E-state index in [1.807, 2.05) is 12.1 Å². The summed E-state index contributed by atoms with van der Waals surface area (Å²) in [5.41, 5.74) is 2.78. The van der Waals surface area contributed by atoms with Crippen molar-refractivity contribution in [1.29, 1.82) is 0 Å². The summed E-state index contributed by atoms with van der Waals surface area (Å²) in [6.07, 6.45) is 2.47. The molecule has 2 aliphatic rings. The number of nitrogens with one attached hydrogen (secondary N) is 3. The molecular weight excluding hydrogens is 420 g/mol. The number of fused-ring (bicyclic) bond motifs is 1. The van der Waals surface area contributed by atoms with Crippen molar-refractivity contribution in [2.24, 2.45) is 0 Å². The molecule has 8 heteroatoms. The first-order valence-electron chi connectivity index (χ1n) is 10.8. The smallest absolute Gasteiger partial charge is 0.322 e. The van der Waals surface area contributed by atoms with Crippen LogP contribution in [0.3, 0.4) is 0 Å². The van der Waals surface area contributed by atoms with Crippen LogP contribution in [0.2, 0.25) is 0 Å². The first-order valence-corrected chi connectivity index (χ1v) is 10.8. The van der Waals surface area contributed by atoms with Gasteiger partial charge in [-0.2, -0.15) is 0 Å². The predicted octanol–water partition coefficient (Wildman–Crippen LogP) is 3.54. The number of anilines is 2. The Morgan fingerprint density at radius 2 is 2.00 bits per heavy atom. The molecule has 8 nitrogen and oxygen atoms in total. The van der Waals surface area contributed by atoms with Gasteiger partial charge in [0.1, 0.15) is 11.3 Å².